The van der Waals surface area contributed by atoms with Crippen LogP contribution in [0, 0.1) is 36.5 Å². The number of imide groups is 1. The lowest BCUT2D eigenvalue weighted by Crippen LogP contribution is -2.44. The predicted molar refractivity (Wildman–Crippen MR) is 119 cm³/mol. The summed E-state index contributed by atoms with van der Waals surface area (Å²) in [7, 11) is 0. The smallest absolute Gasteiger partial charge is 0.326 e. The quantitative estimate of drug-likeness (QED) is 0.668. The predicted octanol–water partition coefficient (Wildman–Crippen LogP) is 2.69. The lowest BCUT2D eigenvalue weighted by Gasteiger charge is -2.43. The number of amides is 2. The van der Waals surface area contributed by atoms with Crippen LogP contribution in [-0.2, 0) is 14.4 Å². The Morgan fingerprint density at radius 1 is 1.16 bits per heavy atom. The van der Waals surface area contributed by atoms with Crippen LogP contribution in [0.3, 0.4) is 0 Å². The highest BCUT2D eigenvalue weighted by atomic mass is 32.2. The van der Waals surface area contributed by atoms with E-state index in [1.807, 2.05) is 12.1 Å². The third-order valence-corrected chi connectivity index (χ3v) is 10.6. The van der Waals surface area contributed by atoms with E-state index >= 15 is 0 Å². The number of thioether (sulfide) groups is 1. The van der Waals surface area contributed by atoms with Gasteiger partial charge in [0.15, 0.2) is 0 Å². The largest absolute Gasteiger partial charge is 0.480 e. The molecule has 7 nitrogen and oxygen atoms in total. The number of aromatic amines is 1. The van der Waals surface area contributed by atoms with Gasteiger partial charge in [-0.2, -0.15) is 0 Å². The van der Waals surface area contributed by atoms with E-state index in [2.05, 4.69) is 24.0 Å². The molecule has 3 fully saturated rings. The number of carbonyl (C=O) groups is 3. The number of rotatable bonds is 3. The summed E-state index contributed by atoms with van der Waals surface area (Å²) < 4.78 is 0. The Labute approximate surface area is 192 Å². The van der Waals surface area contributed by atoms with Crippen LogP contribution in [0.1, 0.15) is 35.3 Å². The summed E-state index contributed by atoms with van der Waals surface area (Å²) >= 11 is 2.88. The maximum atomic E-state index is 13.3. The number of carbonyl (C=O) groups excluding carboxylic acids is 2. The fourth-order valence-corrected chi connectivity index (χ4v) is 9.70. The fraction of sp³-hybridized carbons (Fsp3) is 0.478. The van der Waals surface area contributed by atoms with E-state index in [1.54, 1.807) is 11.8 Å². The summed E-state index contributed by atoms with van der Waals surface area (Å²) in [6, 6.07) is 7.02. The van der Waals surface area contributed by atoms with Gasteiger partial charge in [-0.25, -0.2) is 4.79 Å². The number of hydrogen-bond donors (Lipinski definition) is 2. The number of aliphatic carboxylic acids is 1. The van der Waals surface area contributed by atoms with Crippen molar-refractivity contribution in [3.05, 3.63) is 49.9 Å². The molecular weight excluding hydrogens is 448 g/mol. The first kappa shape index (κ1) is 20.2. The Morgan fingerprint density at radius 3 is 2.53 bits per heavy atom. The van der Waals surface area contributed by atoms with E-state index in [0.29, 0.717) is 0 Å². The van der Waals surface area contributed by atoms with Gasteiger partial charge in [0.2, 0.25) is 11.8 Å². The number of carboxylic acid groups (broad SMARTS) is 1. The van der Waals surface area contributed by atoms with Crippen LogP contribution in [-0.4, -0.2) is 44.1 Å². The molecule has 3 heterocycles. The average Bonchev–Trinajstić information content (AvgIpc) is 3.47. The molecule has 0 spiro atoms. The molecule has 1 aromatic carbocycles. The van der Waals surface area contributed by atoms with E-state index in [9.17, 15) is 24.3 Å². The molecule has 2 aromatic rings. The third kappa shape index (κ3) is 2.49. The first-order chi connectivity index (χ1) is 15.3. The Morgan fingerprint density at radius 2 is 1.84 bits per heavy atom. The number of fused-ring (bicyclic) bond motifs is 9. The van der Waals surface area contributed by atoms with Gasteiger partial charge in [0.05, 0.1) is 16.9 Å². The van der Waals surface area contributed by atoms with Crippen LogP contribution in [0.15, 0.2) is 34.1 Å². The van der Waals surface area contributed by atoms with E-state index < -0.39 is 23.8 Å². The molecule has 1 saturated heterocycles. The highest BCUT2D eigenvalue weighted by Crippen LogP contribution is 2.68. The minimum Gasteiger partial charge on any atom is -0.480 e. The summed E-state index contributed by atoms with van der Waals surface area (Å²) in [6.45, 7) is 3.47. The first-order valence-electron chi connectivity index (χ1n) is 10.8. The summed E-state index contributed by atoms with van der Waals surface area (Å²) in [4.78, 5) is 55.4. The second-order valence-corrected chi connectivity index (χ2v) is 11.6. The molecule has 6 rings (SSSR count). The van der Waals surface area contributed by atoms with E-state index in [0.717, 1.165) is 32.4 Å². The van der Waals surface area contributed by atoms with Crippen LogP contribution in [0.5, 0.6) is 0 Å². The van der Waals surface area contributed by atoms with Crippen LogP contribution < -0.4 is 4.87 Å². The molecule has 32 heavy (non-hydrogen) atoms. The zero-order valence-corrected chi connectivity index (χ0v) is 19.1. The number of carboxylic acids is 1. The van der Waals surface area contributed by atoms with E-state index in [1.165, 1.54) is 18.3 Å². The van der Waals surface area contributed by atoms with Crippen molar-refractivity contribution >= 4 is 40.9 Å². The molecule has 166 valence electrons. The van der Waals surface area contributed by atoms with E-state index in [-0.39, 0.29) is 45.6 Å². The molecule has 2 amide bonds. The normalized spacial score (nSPS) is 35.6. The van der Waals surface area contributed by atoms with E-state index in [4.69, 9.17) is 0 Å². The first-order valence-corrected chi connectivity index (χ1v) is 12.5. The molecule has 9 heteroatoms. The molecule has 8 atom stereocenters. The summed E-state index contributed by atoms with van der Waals surface area (Å²) in [5, 5.41) is 10.4. The monoisotopic (exact) mass is 470 g/mol. The lowest BCUT2D eigenvalue weighted by molar-refractivity contribution is -0.154. The number of likely N-dealkylation sites (tertiary alicyclic amines) is 1. The number of hydrogen-bond acceptors (Lipinski definition) is 6. The van der Waals surface area contributed by atoms with Crippen molar-refractivity contribution < 1.29 is 19.5 Å². The van der Waals surface area contributed by atoms with Gasteiger partial charge in [-0.3, -0.25) is 19.3 Å². The van der Waals surface area contributed by atoms with Crippen LogP contribution in [0.4, 0.5) is 0 Å². The maximum Gasteiger partial charge on any atom is 0.326 e. The molecular formula is C23H22N2O5S2. The van der Waals surface area contributed by atoms with Crippen molar-refractivity contribution in [1.82, 2.24) is 9.88 Å². The molecule has 4 aliphatic rings. The summed E-state index contributed by atoms with van der Waals surface area (Å²) in [6.07, 6.45) is 0.798. The number of aromatic nitrogens is 1. The molecule has 1 aromatic heterocycles. The minimum absolute atomic E-state index is 0.0000898. The molecule has 2 bridgehead atoms. The van der Waals surface area contributed by atoms with Crippen LogP contribution in [0.2, 0.25) is 0 Å². The topological polar surface area (TPSA) is 108 Å². The SMILES string of the molecule is Cc1ccccc1[C@H]1c2sc(=O)[nH]c2S[C@@H]2[C@@H]3C[C@@H]([C@H]4C(=O)N([C@H](C)C(=O)O)C(=O)[C@H]34)[C@@H]12. The molecule has 2 N–H and O–H groups in total. The second-order valence-electron chi connectivity index (χ2n) is 9.38. The third-order valence-electron chi connectivity index (χ3n) is 8.03. The van der Waals surface area contributed by atoms with Gasteiger partial charge in [-0.05, 0) is 49.1 Å². The Balaban J connectivity index is 1.47. The van der Waals surface area contributed by atoms with Crippen molar-refractivity contribution in [3.63, 3.8) is 0 Å². The molecule has 0 unspecified atom stereocenters. The highest BCUT2D eigenvalue weighted by molar-refractivity contribution is 8.00. The zero-order chi connectivity index (χ0) is 22.5. The number of thiazole rings is 1. The van der Waals surface area contributed by atoms with Crippen molar-refractivity contribution in [2.45, 2.75) is 42.5 Å². The van der Waals surface area contributed by atoms with Gasteiger partial charge in [-0.1, -0.05) is 35.6 Å². The number of H-pyrrole nitrogens is 1. The number of benzene rings is 1. The van der Waals surface area contributed by atoms with Crippen LogP contribution >= 0.6 is 23.1 Å². The Bertz CT molecular complexity index is 1230. The van der Waals surface area contributed by atoms with Gasteiger partial charge in [0.1, 0.15) is 6.04 Å². The van der Waals surface area contributed by atoms with Gasteiger partial charge >= 0.3 is 10.8 Å². The van der Waals surface area contributed by atoms with Gasteiger partial charge in [0.25, 0.3) is 0 Å². The second kappa shape index (κ2) is 6.81. The molecule has 2 saturated carbocycles. The minimum atomic E-state index is -1.16. The van der Waals surface area contributed by atoms with Gasteiger partial charge in [-0.15, -0.1) is 11.8 Å². The van der Waals surface area contributed by atoms with Crippen molar-refractivity contribution in [1.29, 1.82) is 0 Å². The molecule has 2 aliphatic heterocycles. The fourth-order valence-electron chi connectivity index (χ4n) is 6.82. The Hall–Kier alpha value is -2.39. The number of aryl methyl sites for hydroxylation is 1. The molecule has 2 aliphatic carbocycles. The van der Waals surface area contributed by atoms with Gasteiger partial charge in [0, 0.05) is 16.0 Å². The summed E-state index contributed by atoms with van der Waals surface area (Å²) in [5.74, 6) is -2.61. The van der Waals surface area contributed by atoms with Crippen molar-refractivity contribution in [3.8, 4) is 0 Å². The number of nitrogens with one attached hydrogen (secondary N) is 1. The van der Waals surface area contributed by atoms with Gasteiger partial charge < -0.3 is 10.1 Å². The van der Waals surface area contributed by atoms with Crippen LogP contribution in [0.25, 0.3) is 0 Å². The molecule has 0 radical (unpaired) electrons. The number of nitrogens with zero attached hydrogens (tertiary/aromatic N) is 1. The van der Waals surface area contributed by atoms with Crippen molar-refractivity contribution in [2.75, 3.05) is 0 Å². The highest BCUT2D eigenvalue weighted by Gasteiger charge is 2.70. The maximum absolute atomic E-state index is 13.3. The zero-order valence-electron chi connectivity index (χ0n) is 17.5. The summed E-state index contributed by atoms with van der Waals surface area (Å²) in [5.41, 5.74) is 2.31. The lowest BCUT2D eigenvalue weighted by atomic mass is 9.67. The Kier molecular flexibility index (Phi) is 4.30. The van der Waals surface area contributed by atoms with Crippen molar-refractivity contribution in [2.24, 2.45) is 29.6 Å². The average molecular weight is 471 g/mol. The standard InChI is InChI=1S/C23H22N2O5S2/c1-8-5-3-4-6-10(8)13-14-11-7-12(17(14)31-19-18(13)32-23(30)24-19)16-15(11)20(26)25(21(16)27)9(2)22(28)29/h3-6,9,11-17H,7H2,1-2H3,(H,24,30)(H,28,29)/t9-,11-,12-,13-,14+,15-,16-,17-/m1/s1.